The van der Waals surface area contributed by atoms with Crippen molar-refractivity contribution < 1.29 is 32.5 Å². The van der Waals surface area contributed by atoms with Crippen LogP contribution in [0.5, 0.6) is 11.6 Å². The number of hydrogen-bond acceptors (Lipinski definition) is 12. The van der Waals surface area contributed by atoms with Gasteiger partial charge in [0.05, 0.1) is 48.4 Å². The fraction of sp³-hybridized carbons (Fsp3) is 0.455. The first kappa shape index (κ1) is 31.1. The molecule has 2 saturated heterocycles. The molecule has 12 nitrogen and oxygen atoms in total. The van der Waals surface area contributed by atoms with E-state index in [1.807, 2.05) is 4.90 Å². The van der Waals surface area contributed by atoms with Crippen molar-refractivity contribution >= 4 is 49.2 Å². The molecule has 3 fully saturated rings. The lowest BCUT2D eigenvalue weighted by Crippen LogP contribution is -2.47. The number of fused-ring (bicyclic) bond motifs is 3. The molecule has 0 spiro atoms. The summed E-state index contributed by atoms with van der Waals surface area (Å²) in [6, 6.07) is 2.33. The molecule has 1 saturated carbocycles. The molecule has 1 amide bonds. The molecule has 0 unspecified atom stereocenters. The highest BCUT2D eigenvalue weighted by atomic mass is 32.1. The first-order chi connectivity index (χ1) is 23.3. The predicted octanol–water partition coefficient (Wildman–Crippen LogP) is 3.53. The molecule has 6 heterocycles. The Morgan fingerprint density at radius 3 is 2.73 bits per heavy atom. The highest BCUT2D eigenvalue weighted by Crippen LogP contribution is 2.54. The average Bonchev–Trinajstić information content (AvgIpc) is 3.82. The summed E-state index contributed by atoms with van der Waals surface area (Å²) in [6.45, 7) is 9.29. The molecule has 4 aliphatic rings. The van der Waals surface area contributed by atoms with Gasteiger partial charge in [-0.2, -0.15) is 0 Å². The number of anilines is 2. The number of morpholine rings is 1. The highest BCUT2D eigenvalue weighted by molar-refractivity contribution is 7.22. The molecule has 0 radical (unpaired) electrons. The van der Waals surface area contributed by atoms with Crippen LogP contribution in [-0.4, -0.2) is 104 Å². The van der Waals surface area contributed by atoms with Crippen LogP contribution in [0.1, 0.15) is 12.8 Å². The van der Waals surface area contributed by atoms with Gasteiger partial charge in [0.15, 0.2) is 10.9 Å². The molecular formula is C33H35F2N7O5S. The fourth-order valence-electron chi connectivity index (χ4n) is 6.97. The van der Waals surface area contributed by atoms with Gasteiger partial charge < -0.3 is 34.9 Å². The van der Waals surface area contributed by atoms with E-state index in [-0.39, 0.29) is 55.9 Å². The van der Waals surface area contributed by atoms with Gasteiger partial charge in [0.2, 0.25) is 11.7 Å². The summed E-state index contributed by atoms with van der Waals surface area (Å²) in [7, 11) is 0. The van der Waals surface area contributed by atoms with Gasteiger partial charge in [-0.15, -0.1) is 0 Å². The second-order valence-corrected chi connectivity index (χ2v) is 13.7. The molecule has 3 aliphatic heterocycles. The monoisotopic (exact) mass is 679 g/mol. The molecule has 4 aromatic rings. The van der Waals surface area contributed by atoms with E-state index in [1.165, 1.54) is 18.2 Å². The Kier molecular flexibility index (Phi) is 8.01. The first-order valence-corrected chi connectivity index (χ1v) is 16.9. The maximum atomic E-state index is 16.8. The maximum Gasteiger partial charge on any atom is 0.260 e. The van der Waals surface area contributed by atoms with Crippen molar-refractivity contribution in [2.75, 3.05) is 76.4 Å². The summed E-state index contributed by atoms with van der Waals surface area (Å²) >= 11 is 0.990. The summed E-state index contributed by atoms with van der Waals surface area (Å²) in [4.78, 5) is 30.2. The Hall–Kier alpha value is -4.18. The topological polar surface area (TPSA) is 137 Å². The van der Waals surface area contributed by atoms with Crippen LogP contribution in [0.4, 0.5) is 19.6 Å². The number of benzene rings is 1. The largest absolute Gasteiger partial charge is 0.482 e. The first-order valence-electron chi connectivity index (χ1n) is 16.1. The number of nitrogen functional groups attached to an aromatic ring is 1. The Balaban J connectivity index is 1.23. The summed E-state index contributed by atoms with van der Waals surface area (Å²) in [6.07, 6.45) is 4.45. The molecule has 3 N–H and O–H groups in total. The van der Waals surface area contributed by atoms with Crippen LogP contribution >= 0.6 is 11.3 Å². The lowest BCUT2D eigenvalue weighted by Gasteiger charge is -2.38. The number of aromatic nitrogens is 3. The lowest BCUT2D eigenvalue weighted by atomic mass is 9.97. The SMILES string of the molecule is C=CC(=O)N[C@@H]1COCCN(c2c3c(nc4c(F)c(-c5ccc(F)c6sc(N)nc56)ncc24)O[C@@H](C2(CN4CCOCC4)CC2)CO3)C1. The molecule has 8 rings (SSSR count). The number of rotatable bonds is 7. The number of amides is 1. The van der Waals surface area contributed by atoms with Crippen molar-refractivity contribution in [3.63, 3.8) is 0 Å². The van der Waals surface area contributed by atoms with E-state index in [2.05, 4.69) is 26.8 Å². The number of ether oxygens (including phenoxy) is 4. The minimum atomic E-state index is -0.709. The Morgan fingerprint density at radius 2 is 1.94 bits per heavy atom. The minimum Gasteiger partial charge on any atom is -0.482 e. The van der Waals surface area contributed by atoms with E-state index in [9.17, 15) is 9.18 Å². The minimum absolute atomic E-state index is 0.0218. The summed E-state index contributed by atoms with van der Waals surface area (Å²) < 4.78 is 56.3. The van der Waals surface area contributed by atoms with E-state index < -0.39 is 11.6 Å². The lowest BCUT2D eigenvalue weighted by molar-refractivity contribution is -0.117. The number of carbonyl (C=O) groups excluding carboxylic acids is 1. The van der Waals surface area contributed by atoms with E-state index >= 15 is 4.39 Å². The van der Waals surface area contributed by atoms with E-state index in [0.29, 0.717) is 68.5 Å². The summed E-state index contributed by atoms with van der Waals surface area (Å²) in [5, 5.41) is 3.48. The van der Waals surface area contributed by atoms with Crippen molar-refractivity contribution in [1.29, 1.82) is 0 Å². The number of pyridine rings is 2. The van der Waals surface area contributed by atoms with Crippen LogP contribution in [0, 0.1) is 17.0 Å². The van der Waals surface area contributed by atoms with Gasteiger partial charge in [-0.05, 0) is 31.1 Å². The molecule has 252 valence electrons. The molecule has 3 aromatic heterocycles. The van der Waals surface area contributed by atoms with E-state index in [4.69, 9.17) is 29.7 Å². The van der Waals surface area contributed by atoms with Gasteiger partial charge in [-0.25, -0.2) is 18.7 Å². The predicted molar refractivity (Wildman–Crippen MR) is 176 cm³/mol. The van der Waals surface area contributed by atoms with Gasteiger partial charge in [0.25, 0.3) is 5.88 Å². The molecule has 48 heavy (non-hydrogen) atoms. The maximum absolute atomic E-state index is 16.8. The van der Waals surface area contributed by atoms with Crippen LogP contribution in [-0.2, 0) is 14.3 Å². The summed E-state index contributed by atoms with van der Waals surface area (Å²) in [5.41, 5.74) is 6.88. The third-order valence-electron chi connectivity index (χ3n) is 9.60. The van der Waals surface area contributed by atoms with Gasteiger partial charge in [0, 0.05) is 55.3 Å². The van der Waals surface area contributed by atoms with Crippen LogP contribution in [0.15, 0.2) is 31.0 Å². The van der Waals surface area contributed by atoms with Crippen LogP contribution in [0.2, 0.25) is 0 Å². The van der Waals surface area contributed by atoms with Crippen molar-refractivity contribution in [3.8, 4) is 22.9 Å². The zero-order chi connectivity index (χ0) is 33.0. The zero-order valence-electron chi connectivity index (χ0n) is 26.2. The highest BCUT2D eigenvalue weighted by Gasteiger charge is 2.54. The van der Waals surface area contributed by atoms with Crippen molar-refractivity contribution in [3.05, 3.63) is 42.6 Å². The quantitative estimate of drug-likeness (QED) is 0.278. The second kappa shape index (κ2) is 12.4. The number of carbonyl (C=O) groups is 1. The second-order valence-electron chi connectivity index (χ2n) is 12.7. The van der Waals surface area contributed by atoms with Crippen molar-refractivity contribution in [2.24, 2.45) is 5.41 Å². The van der Waals surface area contributed by atoms with Crippen LogP contribution in [0.3, 0.4) is 0 Å². The Bertz CT molecular complexity index is 1910. The number of thiazole rings is 1. The number of nitrogens with two attached hydrogens (primary N) is 1. The number of nitrogens with one attached hydrogen (secondary N) is 1. The van der Waals surface area contributed by atoms with E-state index in [1.54, 1.807) is 6.20 Å². The summed E-state index contributed by atoms with van der Waals surface area (Å²) in [5.74, 6) is -0.948. The average molecular weight is 680 g/mol. The third-order valence-corrected chi connectivity index (χ3v) is 10.5. The van der Waals surface area contributed by atoms with Crippen LogP contribution < -0.4 is 25.4 Å². The Morgan fingerprint density at radius 1 is 1.12 bits per heavy atom. The molecule has 2 atom stereocenters. The van der Waals surface area contributed by atoms with Crippen molar-refractivity contribution in [1.82, 2.24) is 25.2 Å². The molecule has 1 aliphatic carbocycles. The molecule has 1 aromatic carbocycles. The normalized spacial score (nSPS) is 22.4. The molecule has 15 heteroatoms. The number of hydrogen-bond donors (Lipinski definition) is 2. The van der Waals surface area contributed by atoms with Gasteiger partial charge in [-0.3, -0.25) is 14.7 Å². The molecule has 0 bridgehead atoms. The zero-order valence-corrected chi connectivity index (χ0v) is 27.0. The van der Waals surface area contributed by atoms with Gasteiger partial charge >= 0.3 is 0 Å². The fourth-order valence-corrected chi connectivity index (χ4v) is 7.73. The standard InChI is InChI=1S/C33H35F2N7O5S/c1-2-23(43)38-18-14-42(9-12-45-15-18)28-20-13-37-25(19-3-4-21(34)30-27(19)40-32(36)48-30)24(35)26(20)39-31-29(28)46-16-22(47-31)33(5-6-33)17-41-7-10-44-11-8-41/h2-4,13,18,22H,1,5-12,14-17H2,(H2,36,40)(H,38,43)/t18-,22+/m0/s1. The smallest absolute Gasteiger partial charge is 0.260 e. The van der Waals surface area contributed by atoms with Gasteiger partial charge in [0.1, 0.15) is 29.7 Å². The van der Waals surface area contributed by atoms with Crippen LogP contribution in [0.25, 0.3) is 32.4 Å². The number of halogens is 2. The molecular weight excluding hydrogens is 644 g/mol. The number of nitrogens with zero attached hydrogens (tertiary/aromatic N) is 5. The van der Waals surface area contributed by atoms with E-state index in [0.717, 1.165) is 43.8 Å². The van der Waals surface area contributed by atoms with Gasteiger partial charge in [-0.1, -0.05) is 17.9 Å². The van der Waals surface area contributed by atoms with Crippen molar-refractivity contribution in [2.45, 2.75) is 25.0 Å². The Labute approximate surface area is 278 Å². The third kappa shape index (κ3) is 5.57.